The molecule has 0 spiro atoms. The second kappa shape index (κ2) is 8.31. The van der Waals surface area contributed by atoms with Crippen LogP contribution in [0.5, 0.6) is 0 Å². The molecule has 0 fully saturated rings. The van der Waals surface area contributed by atoms with Gasteiger partial charge in [0.1, 0.15) is 19.2 Å². The maximum atomic E-state index is 12.5. The van der Waals surface area contributed by atoms with E-state index in [0.717, 1.165) is 10.5 Å². The Morgan fingerprint density at radius 2 is 2.00 bits per heavy atom. The summed E-state index contributed by atoms with van der Waals surface area (Å²) in [5, 5.41) is 8.23. The lowest BCUT2D eigenvalue weighted by Gasteiger charge is -2.15. The van der Waals surface area contributed by atoms with E-state index in [2.05, 4.69) is 15.4 Å². The zero-order valence-corrected chi connectivity index (χ0v) is 15.6. The van der Waals surface area contributed by atoms with Crippen LogP contribution in [0.1, 0.15) is 5.56 Å². The number of benzene rings is 2. The zero-order chi connectivity index (χ0) is 18.5. The van der Waals surface area contributed by atoms with Crippen molar-refractivity contribution in [1.82, 2.24) is 14.8 Å². The predicted molar refractivity (Wildman–Crippen MR) is 102 cm³/mol. The van der Waals surface area contributed by atoms with Gasteiger partial charge in [0.05, 0.1) is 18.4 Å². The van der Waals surface area contributed by atoms with E-state index in [9.17, 15) is 4.79 Å². The molecule has 2 aromatic carbocycles. The smallest absolute Gasteiger partial charge is 0.279 e. The van der Waals surface area contributed by atoms with Crippen LogP contribution in [0.15, 0.2) is 55.1 Å². The van der Waals surface area contributed by atoms with Crippen molar-refractivity contribution >= 4 is 34.8 Å². The fraction of sp³-hybridized carbons (Fsp3) is 0.167. The summed E-state index contributed by atoms with van der Waals surface area (Å²) in [6.45, 7) is 0.995. The van der Waals surface area contributed by atoms with Crippen LogP contribution in [0.2, 0.25) is 10.0 Å². The van der Waals surface area contributed by atoms with Crippen molar-refractivity contribution in [2.75, 3.05) is 18.9 Å². The third kappa shape index (κ3) is 4.82. The van der Waals surface area contributed by atoms with Crippen LogP contribution < -0.4 is 10.2 Å². The van der Waals surface area contributed by atoms with Gasteiger partial charge < -0.3 is 10.2 Å². The highest BCUT2D eigenvalue weighted by Gasteiger charge is 2.14. The first-order valence-electron chi connectivity index (χ1n) is 8.01. The number of amides is 1. The summed E-state index contributed by atoms with van der Waals surface area (Å²) in [4.78, 5) is 17.4. The Kier molecular flexibility index (Phi) is 5.88. The van der Waals surface area contributed by atoms with Crippen molar-refractivity contribution in [2.24, 2.45) is 0 Å². The molecule has 0 aliphatic rings. The molecule has 1 amide bonds. The molecule has 1 aromatic heterocycles. The largest absolute Gasteiger partial charge is 0.326 e. The fourth-order valence-corrected chi connectivity index (χ4v) is 3.05. The molecule has 0 aliphatic carbocycles. The highest BCUT2D eigenvalue weighted by molar-refractivity contribution is 6.31. The van der Waals surface area contributed by atoms with Gasteiger partial charge in [0, 0.05) is 15.6 Å². The average molecular weight is 391 g/mol. The number of anilines is 1. The third-order valence-electron chi connectivity index (χ3n) is 3.76. The van der Waals surface area contributed by atoms with Gasteiger partial charge in [-0.15, -0.1) is 0 Å². The SMILES string of the molecule is C[NH+](CC(=O)Nc1cc(Cl)ccc1-n1cncn1)Cc1cccc(Cl)c1. The number of rotatable bonds is 6. The summed E-state index contributed by atoms with van der Waals surface area (Å²) < 4.78 is 1.58. The summed E-state index contributed by atoms with van der Waals surface area (Å²) in [5.74, 6) is -0.117. The molecule has 1 unspecified atom stereocenters. The van der Waals surface area contributed by atoms with Crippen LogP contribution in [0, 0.1) is 0 Å². The van der Waals surface area contributed by atoms with Gasteiger partial charge in [-0.25, -0.2) is 9.67 Å². The van der Waals surface area contributed by atoms with E-state index >= 15 is 0 Å². The first kappa shape index (κ1) is 18.4. The van der Waals surface area contributed by atoms with Crippen LogP contribution in [-0.2, 0) is 11.3 Å². The number of nitrogens with zero attached hydrogens (tertiary/aromatic N) is 3. The Morgan fingerprint density at radius 3 is 2.73 bits per heavy atom. The molecule has 1 heterocycles. The number of quaternary nitrogens is 1. The van der Waals surface area contributed by atoms with Gasteiger partial charge in [-0.2, -0.15) is 5.10 Å². The maximum Gasteiger partial charge on any atom is 0.279 e. The van der Waals surface area contributed by atoms with E-state index in [-0.39, 0.29) is 5.91 Å². The molecular formula is C18H18Cl2N5O+. The molecule has 0 saturated heterocycles. The quantitative estimate of drug-likeness (QED) is 0.678. The van der Waals surface area contributed by atoms with Crippen LogP contribution in [0.25, 0.3) is 5.69 Å². The Hall–Kier alpha value is -2.41. The standard InChI is InChI=1S/C18H17Cl2N5O/c1-24(9-13-3-2-4-14(19)7-13)10-18(26)23-16-8-15(20)5-6-17(16)25-12-21-11-22-25/h2-8,11-12H,9-10H2,1H3,(H,23,26)/p+1. The summed E-state index contributed by atoms with van der Waals surface area (Å²) in [5.41, 5.74) is 2.37. The number of carbonyl (C=O) groups excluding carboxylic acids is 1. The summed E-state index contributed by atoms with van der Waals surface area (Å²) in [7, 11) is 1.96. The number of hydrogen-bond donors (Lipinski definition) is 2. The van der Waals surface area contributed by atoms with Gasteiger partial charge in [-0.05, 0) is 30.3 Å². The minimum Gasteiger partial charge on any atom is -0.326 e. The van der Waals surface area contributed by atoms with Crippen molar-refractivity contribution in [3.8, 4) is 5.69 Å². The van der Waals surface area contributed by atoms with E-state index in [1.54, 1.807) is 29.2 Å². The number of nitrogens with one attached hydrogen (secondary N) is 2. The zero-order valence-electron chi connectivity index (χ0n) is 14.1. The van der Waals surface area contributed by atoms with Crippen molar-refractivity contribution in [3.63, 3.8) is 0 Å². The van der Waals surface area contributed by atoms with E-state index in [1.807, 2.05) is 31.3 Å². The predicted octanol–water partition coefficient (Wildman–Crippen LogP) is 2.23. The minimum absolute atomic E-state index is 0.117. The number of halogens is 2. The van der Waals surface area contributed by atoms with Crippen molar-refractivity contribution in [3.05, 3.63) is 70.7 Å². The van der Waals surface area contributed by atoms with Gasteiger partial charge in [0.15, 0.2) is 6.54 Å². The van der Waals surface area contributed by atoms with Gasteiger partial charge in [0.25, 0.3) is 5.91 Å². The Morgan fingerprint density at radius 1 is 1.19 bits per heavy atom. The molecule has 0 aliphatic heterocycles. The lowest BCUT2D eigenvalue weighted by atomic mass is 10.2. The van der Waals surface area contributed by atoms with Crippen LogP contribution >= 0.6 is 23.2 Å². The minimum atomic E-state index is -0.117. The molecule has 3 rings (SSSR count). The molecule has 2 N–H and O–H groups in total. The Bertz CT molecular complexity index is 898. The van der Waals surface area contributed by atoms with Gasteiger partial charge in [-0.1, -0.05) is 35.3 Å². The Balaban J connectivity index is 1.67. The van der Waals surface area contributed by atoms with Crippen LogP contribution in [0.4, 0.5) is 5.69 Å². The molecule has 0 bridgehead atoms. The fourth-order valence-electron chi connectivity index (χ4n) is 2.67. The number of aromatic nitrogens is 3. The lowest BCUT2D eigenvalue weighted by molar-refractivity contribution is -0.885. The first-order chi connectivity index (χ1) is 12.5. The van der Waals surface area contributed by atoms with Crippen molar-refractivity contribution in [2.45, 2.75) is 6.54 Å². The lowest BCUT2D eigenvalue weighted by Crippen LogP contribution is -3.08. The van der Waals surface area contributed by atoms with E-state index in [0.29, 0.717) is 34.5 Å². The summed E-state index contributed by atoms with van der Waals surface area (Å²) in [6.07, 6.45) is 3.00. The van der Waals surface area contributed by atoms with Gasteiger partial charge in [-0.3, -0.25) is 4.79 Å². The molecule has 3 aromatic rings. The molecule has 6 nitrogen and oxygen atoms in total. The molecule has 0 radical (unpaired) electrons. The molecule has 8 heteroatoms. The third-order valence-corrected chi connectivity index (χ3v) is 4.23. The van der Waals surface area contributed by atoms with Crippen LogP contribution in [-0.4, -0.2) is 34.3 Å². The van der Waals surface area contributed by atoms with E-state index < -0.39 is 0 Å². The molecule has 1 atom stereocenters. The van der Waals surface area contributed by atoms with E-state index in [1.165, 1.54) is 6.33 Å². The van der Waals surface area contributed by atoms with Crippen molar-refractivity contribution in [1.29, 1.82) is 0 Å². The first-order valence-corrected chi connectivity index (χ1v) is 8.77. The molecule has 0 saturated carbocycles. The second-order valence-electron chi connectivity index (χ2n) is 5.99. The molecular weight excluding hydrogens is 373 g/mol. The summed E-state index contributed by atoms with van der Waals surface area (Å²) >= 11 is 12.1. The monoisotopic (exact) mass is 390 g/mol. The molecule has 26 heavy (non-hydrogen) atoms. The van der Waals surface area contributed by atoms with E-state index in [4.69, 9.17) is 23.2 Å². The Labute approximate surface area is 161 Å². The van der Waals surface area contributed by atoms with Crippen LogP contribution in [0.3, 0.4) is 0 Å². The number of carbonyl (C=O) groups is 1. The molecule has 134 valence electrons. The highest BCUT2D eigenvalue weighted by Crippen LogP contribution is 2.23. The normalized spacial score (nSPS) is 12.0. The topological polar surface area (TPSA) is 64.2 Å². The van der Waals surface area contributed by atoms with Gasteiger partial charge >= 0.3 is 0 Å². The number of hydrogen-bond acceptors (Lipinski definition) is 3. The average Bonchev–Trinajstić information content (AvgIpc) is 3.09. The highest BCUT2D eigenvalue weighted by atomic mass is 35.5. The van der Waals surface area contributed by atoms with Crippen molar-refractivity contribution < 1.29 is 9.69 Å². The summed E-state index contributed by atoms with van der Waals surface area (Å²) in [6, 6.07) is 12.9. The maximum absolute atomic E-state index is 12.5. The number of likely N-dealkylation sites (N-methyl/N-ethyl adjacent to an activating group) is 1. The van der Waals surface area contributed by atoms with Gasteiger partial charge in [0.2, 0.25) is 0 Å². The second-order valence-corrected chi connectivity index (χ2v) is 6.86.